The lowest BCUT2D eigenvalue weighted by atomic mass is 9.95. The normalized spacial score (nSPS) is 25.6. The fraction of sp³-hybridized carbons (Fsp3) is 0.571. The number of fused-ring (bicyclic) bond motifs is 1. The lowest BCUT2D eigenvalue weighted by Crippen LogP contribution is -2.46. The molecule has 0 radical (unpaired) electrons. The van der Waals surface area contributed by atoms with Crippen LogP contribution in [0.4, 0.5) is 0 Å². The zero-order valence-corrected chi connectivity index (χ0v) is 15.3. The maximum atomic E-state index is 12.7. The van der Waals surface area contributed by atoms with E-state index >= 15 is 0 Å². The van der Waals surface area contributed by atoms with Gasteiger partial charge in [-0.25, -0.2) is 16.8 Å². The topological polar surface area (TPSA) is 83.5 Å². The van der Waals surface area contributed by atoms with Crippen molar-refractivity contribution in [2.45, 2.75) is 28.7 Å². The number of sulfone groups is 1. The van der Waals surface area contributed by atoms with E-state index in [1.165, 1.54) is 28.6 Å². The quantitative estimate of drug-likeness (QED) is 0.841. The Morgan fingerprint density at radius 3 is 2.26 bits per heavy atom. The van der Waals surface area contributed by atoms with Crippen molar-refractivity contribution in [1.29, 1.82) is 0 Å². The Morgan fingerprint density at radius 2 is 1.65 bits per heavy atom. The second-order valence-corrected chi connectivity index (χ2v) is 9.96. The second-order valence-electron chi connectivity index (χ2n) is 6.00. The summed E-state index contributed by atoms with van der Waals surface area (Å²) in [6.45, 7) is 1.99. The summed E-state index contributed by atoms with van der Waals surface area (Å²) in [4.78, 5) is 0.287. The van der Waals surface area contributed by atoms with E-state index < -0.39 is 19.9 Å². The summed E-state index contributed by atoms with van der Waals surface area (Å²) >= 11 is 0. The van der Waals surface area contributed by atoms with Crippen molar-refractivity contribution in [2.24, 2.45) is 5.92 Å². The smallest absolute Gasteiger partial charge is 0.243 e. The Kier molecular flexibility index (Phi) is 5.42. The van der Waals surface area contributed by atoms with E-state index in [9.17, 15) is 16.8 Å². The molecule has 2 aliphatic heterocycles. The largest absolute Gasteiger partial charge is 0.314 e. The minimum Gasteiger partial charge on any atom is -0.314 e. The molecule has 1 N–H and O–H groups in total. The first-order valence-corrected chi connectivity index (χ1v) is 10.7. The highest BCUT2D eigenvalue weighted by molar-refractivity contribution is 7.90. The number of hydrogen-bond acceptors (Lipinski definition) is 5. The molecule has 0 bridgehead atoms. The van der Waals surface area contributed by atoms with Gasteiger partial charge in [-0.1, -0.05) is 0 Å². The van der Waals surface area contributed by atoms with Gasteiger partial charge in [0.15, 0.2) is 9.84 Å². The van der Waals surface area contributed by atoms with Crippen LogP contribution in [0.15, 0.2) is 34.1 Å². The van der Waals surface area contributed by atoms with Crippen LogP contribution in [-0.4, -0.2) is 53.1 Å². The van der Waals surface area contributed by atoms with Crippen molar-refractivity contribution < 1.29 is 16.8 Å². The molecule has 2 heterocycles. The molecule has 6 nitrogen and oxygen atoms in total. The highest BCUT2D eigenvalue weighted by atomic mass is 35.5. The van der Waals surface area contributed by atoms with E-state index in [0.29, 0.717) is 25.0 Å². The van der Waals surface area contributed by atoms with Crippen molar-refractivity contribution in [3.05, 3.63) is 24.3 Å². The molecule has 2 fully saturated rings. The van der Waals surface area contributed by atoms with Crippen LogP contribution in [0, 0.1) is 5.92 Å². The molecule has 0 amide bonds. The van der Waals surface area contributed by atoms with Crippen LogP contribution < -0.4 is 5.32 Å². The Morgan fingerprint density at radius 1 is 1.04 bits per heavy atom. The van der Waals surface area contributed by atoms with Gasteiger partial charge in [0.2, 0.25) is 10.0 Å². The lowest BCUT2D eigenvalue weighted by molar-refractivity contribution is 0.247. The SMILES string of the molecule is CS(=O)(=O)c1ccc(S(=O)(=O)N2CCC3NCCC3C2)cc1.Cl. The van der Waals surface area contributed by atoms with Crippen molar-refractivity contribution in [3.8, 4) is 0 Å². The summed E-state index contributed by atoms with van der Waals surface area (Å²) < 4.78 is 49.8. The Labute approximate surface area is 143 Å². The molecule has 0 aromatic heterocycles. The van der Waals surface area contributed by atoms with Crippen LogP contribution >= 0.6 is 12.4 Å². The molecular formula is C14H21ClN2O4S2. The minimum atomic E-state index is -3.55. The molecular weight excluding hydrogens is 360 g/mol. The summed E-state index contributed by atoms with van der Waals surface area (Å²) in [6, 6.07) is 5.90. The van der Waals surface area contributed by atoms with E-state index in [4.69, 9.17) is 0 Å². The molecule has 1 aromatic carbocycles. The van der Waals surface area contributed by atoms with Crippen molar-refractivity contribution in [3.63, 3.8) is 0 Å². The van der Waals surface area contributed by atoms with Crippen molar-refractivity contribution >= 4 is 32.3 Å². The zero-order chi connectivity index (χ0) is 16.0. The minimum absolute atomic E-state index is 0. The Hall–Kier alpha value is -0.670. The van der Waals surface area contributed by atoms with Gasteiger partial charge in [-0.05, 0) is 49.6 Å². The summed E-state index contributed by atoms with van der Waals surface area (Å²) in [5, 5.41) is 3.41. The van der Waals surface area contributed by atoms with E-state index in [1.807, 2.05) is 0 Å². The fourth-order valence-corrected chi connectivity index (χ4v) is 5.38. The first-order valence-electron chi connectivity index (χ1n) is 7.32. The van der Waals surface area contributed by atoms with Crippen LogP contribution in [-0.2, 0) is 19.9 Å². The third-order valence-electron chi connectivity index (χ3n) is 4.51. The molecule has 9 heteroatoms. The van der Waals surface area contributed by atoms with Gasteiger partial charge in [0, 0.05) is 25.4 Å². The number of benzene rings is 1. The third kappa shape index (κ3) is 3.71. The van der Waals surface area contributed by atoms with Gasteiger partial charge < -0.3 is 5.32 Å². The molecule has 2 atom stereocenters. The number of halogens is 1. The molecule has 3 rings (SSSR count). The number of piperidine rings is 1. The van der Waals surface area contributed by atoms with Crippen LogP contribution in [0.2, 0.25) is 0 Å². The zero-order valence-electron chi connectivity index (χ0n) is 12.8. The number of nitrogens with zero attached hydrogens (tertiary/aromatic N) is 1. The van der Waals surface area contributed by atoms with E-state index in [1.54, 1.807) is 0 Å². The molecule has 0 aliphatic carbocycles. The Bertz CT molecular complexity index is 762. The van der Waals surface area contributed by atoms with Gasteiger partial charge in [0.05, 0.1) is 9.79 Å². The van der Waals surface area contributed by atoms with E-state index in [-0.39, 0.29) is 22.2 Å². The van der Waals surface area contributed by atoms with Crippen LogP contribution in [0.1, 0.15) is 12.8 Å². The van der Waals surface area contributed by atoms with E-state index in [2.05, 4.69) is 5.32 Å². The lowest BCUT2D eigenvalue weighted by Gasteiger charge is -2.34. The van der Waals surface area contributed by atoms with Crippen LogP contribution in [0.25, 0.3) is 0 Å². The van der Waals surface area contributed by atoms with Gasteiger partial charge in [-0.3, -0.25) is 0 Å². The summed E-state index contributed by atoms with van der Waals surface area (Å²) in [7, 11) is -6.87. The van der Waals surface area contributed by atoms with Gasteiger partial charge in [-0.2, -0.15) is 4.31 Å². The number of nitrogens with one attached hydrogen (secondary N) is 1. The third-order valence-corrected chi connectivity index (χ3v) is 7.52. The molecule has 23 heavy (non-hydrogen) atoms. The van der Waals surface area contributed by atoms with Crippen molar-refractivity contribution in [1.82, 2.24) is 9.62 Å². The molecule has 2 aliphatic rings. The summed E-state index contributed by atoms with van der Waals surface area (Å²) in [6.07, 6.45) is 2.93. The Balaban J connectivity index is 0.00000192. The van der Waals surface area contributed by atoms with Gasteiger partial charge in [0.1, 0.15) is 0 Å². The van der Waals surface area contributed by atoms with Gasteiger partial charge in [-0.15, -0.1) is 12.4 Å². The monoisotopic (exact) mass is 380 g/mol. The molecule has 0 spiro atoms. The molecule has 0 saturated carbocycles. The predicted molar refractivity (Wildman–Crippen MR) is 90.1 cm³/mol. The highest BCUT2D eigenvalue weighted by Gasteiger charge is 2.37. The molecule has 2 saturated heterocycles. The fourth-order valence-electron chi connectivity index (χ4n) is 3.24. The molecule has 1 aromatic rings. The first-order chi connectivity index (χ1) is 10.3. The first kappa shape index (κ1) is 18.7. The standard InChI is InChI=1S/C14H20N2O4S2.ClH/c1-21(17,18)12-2-4-13(5-3-12)22(19,20)16-9-7-14-11(10-16)6-8-15-14;/h2-5,11,14-15H,6-10H2,1H3;1H. The predicted octanol–water partition coefficient (Wildman–Crippen LogP) is 0.884. The summed E-state index contributed by atoms with van der Waals surface area (Å²) in [5.41, 5.74) is 0. The van der Waals surface area contributed by atoms with Crippen LogP contribution in [0.5, 0.6) is 0 Å². The van der Waals surface area contributed by atoms with Crippen molar-refractivity contribution in [2.75, 3.05) is 25.9 Å². The maximum Gasteiger partial charge on any atom is 0.243 e. The molecule has 130 valence electrons. The van der Waals surface area contributed by atoms with Gasteiger partial charge in [0.25, 0.3) is 0 Å². The maximum absolute atomic E-state index is 12.7. The van der Waals surface area contributed by atoms with Crippen LogP contribution in [0.3, 0.4) is 0 Å². The number of sulfonamides is 1. The van der Waals surface area contributed by atoms with E-state index in [0.717, 1.165) is 25.6 Å². The summed E-state index contributed by atoms with van der Waals surface area (Å²) in [5.74, 6) is 0.374. The molecule has 2 unspecified atom stereocenters. The number of hydrogen-bond donors (Lipinski definition) is 1. The average Bonchev–Trinajstić information content (AvgIpc) is 2.94. The van der Waals surface area contributed by atoms with Gasteiger partial charge >= 0.3 is 0 Å². The highest BCUT2D eigenvalue weighted by Crippen LogP contribution is 2.28. The second kappa shape index (κ2) is 6.68. The number of rotatable bonds is 3. The average molecular weight is 381 g/mol.